The monoisotopic (exact) mass is 417 g/mol. The summed E-state index contributed by atoms with van der Waals surface area (Å²) in [5.74, 6) is 0. The summed E-state index contributed by atoms with van der Waals surface area (Å²) in [5.41, 5.74) is -0.485. The Labute approximate surface area is 183 Å². The molecular formula is C27H31NO3. The van der Waals surface area contributed by atoms with E-state index in [9.17, 15) is 9.90 Å². The third kappa shape index (κ3) is 3.57. The van der Waals surface area contributed by atoms with E-state index in [1.165, 1.54) is 0 Å². The minimum Gasteiger partial charge on any atom is -0.444 e. The number of hydrogen-bond acceptors (Lipinski definition) is 3. The normalized spacial score (nSPS) is 26.3. The number of hydrogen-bond donors (Lipinski definition) is 1. The molecular weight excluding hydrogens is 386 g/mol. The average molecular weight is 418 g/mol. The molecule has 4 nitrogen and oxygen atoms in total. The first-order valence-electron chi connectivity index (χ1n) is 11.4. The maximum absolute atomic E-state index is 13.0. The fourth-order valence-corrected chi connectivity index (χ4v) is 5.76. The van der Waals surface area contributed by atoms with Gasteiger partial charge in [-0.25, -0.2) is 4.79 Å². The molecule has 2 heterocycles. The zero-order chi connectivity index (χ0) is 21.8. The molecule has 0 aliphatic carbocycles. The molecule has 0 aromatic heterocycles. The molecule has 2 unspecified atom stereocenters. The number of rotatable bonds is 1. The number of ether oxygens (including phenoxy) is 1. The van der Waals surface area contributed by atoms with Crippen LogP contribution < -0.4 is 0 Å². The molecule has 0 radical (unpaired) electrons. The van der Waals surface area contributed by atoms with E-state index in [2.05, 4.69) is 30.3 Å². The molecule has 2 bridgehead atoms. The van der Waals surface area contributed by atoms with Crippen LogP contribution in [0.15, 0.2) is 54.6 Å². The van der Waals surface area contributed by atoms with Crippen molar-refractivity contribution in [2.45, 2.75) is 76.2 Å². The van der Waals surface area contributed by atoms with E-state index in [0.29, 0.717) is 12.8 Å². The van der Waals surface area contributed by atoms with Crippen molar-refractivity contribution in [3.63, 3.8) is 0 Å². The van der Waals surface area contributed by atoms with Crippen LogP contribution in [0.3, 0.4) is 0 Å². The number of carbonyl (C=O) groups is 1. The van der Waals surface area contributed by atoms with E-state index in [1.807, 2.05) is 49.9 Å². The number of nitrogens with zero attached hydrogens (tertiary/aromatic N) is 1. The highest BCUT2D eigenvalue weighted by atomic mass is 16.6. The molecule has 2 aliphatic rings. The zero-order valence-electron chi connectivity index (χ0n) is 18.6. The number of piperidine rings is 2. The average Bonchev–Trinajstić information content (AvgIpc) is 2.69. The van der Waals surface area contributed by atoms with Gasteiger partial charge in [-0.3, -0.25) is 0 Å². The van der Waals surface area contributed by atoms with Gasteiger partial charge in [0.15, 0.2) is 0 Å². The number of carbonyl (C=O) groups excluding carboxylic acids is 1. The highest BCUT2D eigenvalue weighted by Gasteiger charge is 2.50. The van der Waals surface area contributed by atoms with Gasteiger partial charge in [-0.05, 0) is 73.2 Å². The second-order valence-corrected chi connectivity index (χ2v) is 10.3. The van der Waals surface area contributed by atoms with Gasteiger partial charge in [0, 0.05) is 24.9 Å². The van der Waals surface area contributed by atoms with E-state index < -0.39 is 11.2 Å². The third-order valence-corrected chi connectivity index (χ3v) is 6.85. The van der Waals surface area contributed by atoms with Crippen molar-refractivity contribution in [3.8, 4) is 0 Å². The van der Waals surface area contributed by atoms with Crippen LogP contribution >= 0.6 is 0 Å². The van der Waals surface area contributed by atoms with Crippen molar-refractivity contribution in [2.24, 2.45) is 0 Å². The second-order valence-electron chi connectivity index (χ2n) is 10.3. The van der Waals surface area contributed by atoms with Gasteiger partial charge in [-0.2, -0.15) is 0 Å². The Bertz CT molecular complexity index is 1080. The third-order valence-electron chi connectivity index (χ3n) is 6.85. The topological polar surface area (TPSA) is 49.8 Å². The van der Waals surface area contributed by atoms with Gasteiger partial charge in [-0.15, -0.1) is 0 Å². The van der Waals surface area contributed by atoms with Gasteiger partial charge in [0.2, 0.25) is 0 Å². The van der Waals surface area contributed by atoms with Crippen LogP contribution in [-0.2, 0) is 10.3 Å². The molecule has 1 N–H and O–H groups in total. The van der Waals surface area contributed by atoms with E-state index in [-0.39, 0.29) is 18.2 Å². The summed E-state index contributed by atoms with van der Waals surface area (Å²) >= 11 is 0. The van der Waals surface area contributed by atoms with Crippen molar-refractivity contribution in [1.82, 2.24) is 4.90 Å². The Morgan fingerprint density at radius 1 is 0.968 bits per heavy atom. The molecule has 2 saturated heterocycles. The van der Waals surface area contributed by atoms with Crippen LogP contribution in [0.5, 0.6) is 0 Å². The van der Waals surface area contributed by atoms with E-state index in [1.54, 1.807) is 0 Å². The predicted octanol–water partition coefficient (Wildman–Crippen LogP) is 6.13. The van der Waals surface area contributed by atoms with Gasteiger partial charge < -0.3 is 14.7 Å². The van der Waals surface area contributed by atoms with Crippen LogP contribution in [-0.4, -0.2) is 33.8 Å². The Balaban J connectivity index is 1.61. The van der Waals surface area contributed by atoms with Crippen LogP contribution in [0.1, 0.15) is 58.4 Å². The van der Waals surface area contributed by atoms with Crippen LogP contribution in [0.2, 0.25) is 0 Å². The van der Waals surface area contributed by atoms with Crippen molar-refractivity contribution >= 4 is 27.6 Å². The molecule has 5 rings (SSSR count). The molecule has 4 heteroatoms. The number of amides is 1. The Morgan fingerprint density at radius 3 is 2.00 bits per heavy atom. The molecule has 2 atom stereocenters. The molecule has 2 aliphatic heterocycles. The molecule has 0 saturated carbocycles. The van der Waals surface area contributed by atoms with Gasteiger partial charge in [0.25, 0.3) is 0 Å². The highest BCUT2D eigenvalue weighted by molar-refractivity contribution is 6.03. The largest absolute Gasteiger partial charge is 0.444 e. The summed E-state index contributed by atoms with van der Waals surface area (Å²) in [5, 5.41) is 16.7. The van der Waals surface area contributed by atoms with E-state index >= 15 is 0 Å². The Hall–Kier alpha value is -2.59. The molecule has 2 fully saturated rings. The second kappa shape index (κ2) is 7.23. The predicted molar refractivity (Wildman–Crippen MR) is 124 cm³/mol. The summed E-state index contributed by atoms with van der Waals surface area (Å²) in [6.45, 7) is 5.72. The molecule has 3 aromatic carbocycles. The zero-order valence-corrected chi connectivity index (χ0v) is 18.6. The lowest BCUT2D eigenvalue weighted by atomic mass is 9.70. The minimum absolute atomic E-state index is 0.00918. The summed E-state index contributed by atoms with van der Waals surface area (Å²) in [6, 6.07) is 18.8. The quantitative estimate of drug-likeness (QED) is 0.484. The maximum Gasteiger partial charge on any atom is 0.410 e. The summed E-state index contributed by atoms with van der Waals surface area (Å²) in [4.78, 5) is 14.9. The summed E-state index contributed by atoms with van der Waals surface area (Å²) < 4.78 is 5.73. The number of benzene rings is 3. The first-order valence-corrected chi connectivity index (χ1v) is 11.4. The highest BCUT2D eigenvalue weighted by Crippen LogP contribution is 2.48. The smallest absolute Gasteiger partial charge is 0.410 e. The van der Waals surface area contributed by atoms with Gasteiger partial charge in [-0.1, -0.05) is 48.5 Å². The number of aliphatic hydroxyl groups is 1. The maximum atomic E-state index is 13.0. The van der Waals surface area contributed by atoms with Gasteiger partial charge >= 0.3 is 6.09 Å². The SMILES string of the molecule is CC(C)(C)OC(=O)N1C2CCCC1CC(O)(c1c3ccccc3cc3ccccc13)C2. The Kier molecular flexibility index (Phi) is 4.74. The summed E-state index contributed by atoms with van der Waals surface area (Å²) in [7, 11) is 0. The van der Waals surface area contributed by atoms with E-state index in [4.69, 9.17) is 4.74 Å². The van der Waals surface area contributed by atoms with Crippen molar-refractivity contribution in [2.75, 3.05) is 0 Å². The van der Waals surface area contributed by atoms with Crippen LogP contribution in [0, 0.1) is 0 Å². The first kappa shape index (κ1) is 20.3. The van der Waals surface area contributed by atoms with Crippen molar-refractivity contribution < 1.29 is 14.6 Å². The lowest BCUT2D eigenvalue weighted by Crippen LogP contribution is -2.59. The van der Waals surface area contributed by atoms with E-state index in [0.717, 1.165) is 46.4 Å². The van der Waals surface area contributed by atoms with Crippen LogP contribution in [0.4, 0.5) is 4.79 Å². The number of fused-ring (bicyclic) bond motifs is 4. The molecule has 3 aromatic rings. The first-order chi connectivity index (χ1) is 14.8. The van der Waals surface area contributed by atoms with Crippen molar-refractivity contribution in [3.05, 3.63) is 60.2 Å². The van der Waals surface area contributed by atoms with Crippen molar-refractivity contribution in [1.29, 1.82) is 0 Å². The van der Waals surface area contributed by atoms with Crippen LogP contribution in [0.25, 0.3) is 21.5 Å². The lowest BCUT2D eigenvalue weighted by Gasteiger charge is -2.52. The Morgan fingerprint density at radius 2 is 1.48 bits per heavy atom. The minimum atomic E-state index is -0.977. The van der Waals surface area contributed by atoms with Gasteiger partial charge in [0.1, 0.15) is 5.60 Å². The fourth-order valence-electron chi connectivity index (χ4n) is 5.76. The lowest BCUT2D eigenvalue weighted by molar-refractivity contribution is -0.0951. The van der Waals surface area contributed by atoms with Gasteiger partial charge in [0.05, 0.1) is 5.60 Å². The molecule has 0 spiro atoms. The fraction of sp³-hybridized carbons (Fsp3) is 0.444. The summed E-state index contributed by atoms with van der Waals surface area (Å²) in [6.07, 6.45) is 3.73. The molecule has 31 heavy (non-hydrogen) atoms. The standard InChI is InChI=1S/C27H31NO3/c1-26(2,3)31-25(29)28-20-11-8-12-21(28)17-27(30,16-20)24-22-13-6-4-9-18(22)15-19-10-5-7-14-23(19)24/h4-7,9-10,13-15,20-21,30H,8,11-12,16-17H2,1-3H3. The molecule has 1 amide bonds. The molecule has 162 valence electrons.